The van der Waals surface area contributed by atoms with E-state index in [1.807, 2.05) is 52.9 Å². The molecule has 2 saturated heterocycles. The number of aromatic carboxylic acids is 1. The number of Topliss-reactive ketones (excluding diaryl/α,β-unsaturated/α-hetero) is 2. The number of aromatic nitrogens is 4. The number of hydrogen-bond acceptors (Lipinski definition) is 26. The van der Waals surface area contributed by atoms with Gasteiger partial charge in [0.1, 0.15) is 36.8 Å². The lowest BCUT2D eigenvalue weighted by Gasteiger charge is -2.69. The van der Waals surface area contributed by atoms with Crippen molar-refractivity contribution >= 4 is 112 Å². The number of carboxylic acids is 2. The number of aryl methyl sites for hydroxylation is 1. The third-order valence-electron chi connectivity index (χ3n) is 24.5. The van der Waals surface area contributed by atoms with Crippen molar-refractivity contribution < 1.29 is 118 Å². The Morgan fingerprint density at radius 2 is 1.51 bits per heavy atom. The van der Waals surface area contributed by atoms with Crippen LogP contribution in [-0.4, -0.2) is 257 Å². The zero-order valence-corrected chi connectivity index (χ0v) is 70.1. The van der Waals surface area contributed by atoms with Gasteiger partial charge in [-0.05, 0) is 152 Å². The number of aliphatic hydroxyl groups excluding tert-OH is 3. The van der Waals surface area contributed by atoms with E-state index in [2.05, 4.69) is 29.5 Å². The van der Waals surface area contributed by atoms with Gasteiger partial charge < -0.3 is 64.5 Å². The van der Waals surface area contributed by atoms with Crippen LogP contribution in [0.1, 0.15) is 147 Å². The molecule has 3 aromatic heterocycles. The molecule has 4 aliphatic heterocycles. The number of rotatable bonds is 36. The quantitative estimate of drug-likeness (QED) is 0.0132. The molecule has 4 aliphatic carbocycles. The summed E-state index contributed by atoms with van der Waals surface area (Å²) in [5.74, 6) is -10.1. The number of amides is 6. The summed E-state index contributed by atoms with van der Waals surface area (Å²) in [4.78, 5) is 149. The molecule has 9 N–H and O–H groups in total. The molecular weight excluding hydrogens is 1630 g/mol. The number of aliphatic carboxylic acids is 1. The maximum Gasteiger partial charge on any atom is 0.410 e. The van der Waals surface area contributed by atoms with Crippen molar-refractivity contribution in [2.75, 3.05) is 67.7 Å². The summed E-state index contributed by atoms with van der Waals surface area (Å²) in [6.45, 7) is 9.63. The number of thiazole rings is 1. The molecule has 650 valence electrons. The molecule has 11 atom stereocenters. The zero-order chi connectivity index (χ0) is 87.2. The van der Waals surface area contributed by atoms with Crippen LogP contribution in [-0.2, 0) is 112 Å². The average Bonchev–Trinajstić information content (AvgIpc) is 0.884. The molecule has 35 nitrogen and oxygen atoms in total. The molecule has 2 unspecified atom stereocenters. The number of aliphatic hydroxyl groups is 3. The molecule has 0 radical (unpaired) electrons. The fourth-order valence-corrected chi connectivity index (χ4v) is 21.5. The summed E-state index contributed by atoms with van der Waals surface area (Å²) in [5, 5.41) is 64.0. The molecule has 6 amide bonds. The molecule has 8 aliphatic rings. The van der Waals surface area contributed by atoms with Gasteiger partial charge in [0.25, 0.3) is 38.0 Å². The second-order valence-electron chi connectivity index (χ2n) is 34.4. The monoisotopic (exact) mass is 1730 g/mol. The highest BCUT2D eigenvalue weighted by atomic mass is 32.2. The number of nitrogens with zero attached hydrogens (tertiary/aromatic N) is 8. The Kier molecular flexibility index (Phi) is 26.1. The molecule has 7 heterocycles. The first-order valence-electron chi connectivity index (χ1n) is 40.2. The number of nitrogens with one attached hydrogen (secondary N) is 2. The van der Waals surface area contributed by atoms with Gasteiger partial charge in [-0.1, -0.05) is 81.5 Å². The average molecular weight is 1730 g/mol. The summed E-state index contributed by atoms with van der Waals surface area (Å²) in [5.41, 5.74) is 4.05. The topological polar surface area (TPSA) is 498 Å². The van der Waals surface area contributed by atoms with Crippen molar-refractivity contribution in [2.45, 2.75) is 193 Å². The summed E-state index contributed by atoms with van der Waals surface area (Å²) in [6.07, 6.45) is -2.60. The van der Waals surface area contributed by atoms with Crippen LogP contribution in [0.4, 0.5) is 15.7 Å². The first-order valence-corrected chi connectivity index (χ1v) is 44.2. The van der Waals surface area contributed by atoms with E-state index >= 15 is 0 Å². The van der Waals surface area contributed by atoms with Crippen LogP contribution in [0, 0.1) is 35.0 Å². The fourth-order valence-electron chi connectivity index (χ4n) is 19.8. The van der Waals surface area contributed by atoms with E-state index in [0.29, 0.717) is 89.6 Å². The predicted octanol–water partition coefficient (Wildman–Crippen LogP) is 5.55. The number of imide groups is 1. The summed E-state index contributed by atoms with van der Waals surface area (Å²) < 4.78 is 93.6. The van der Waals surface area contributed by atoms with E-state index in [4.69, 9.17) is 29.0 Å². The van der Waals surface area contributed by atoms with Crippen molar-refractivity contribution in [3.8, 4) is 11.1 Å². The lowest BCUT2D eigenvalue weighted by molar-refractivity contribution is -0.248. The third kappa shape index (κ3) is 20.3. The second-order valence-corrected chi connectivity index (χ2v) is 38.6. The van der Waals surface area contributed by atoms with Crippen LogP contribution in [0.15, 0.2) is 91.1 Å². The number of pyridine rings is 1. The van der Waals surface area contributed by atoms with Gasteiger partial charge >= 0.3 is 18.0 Å². The Morgan fingerprint density at radius 1 is 0.793 bits per heavy atom. The number of para-hydroxylation sites is 1. The van der Waals surface area contributed by atoms with Crippen molar-refractivity contribution in [3.05, 3.63) is 136 Å². The normalized spacial score (nSPS) is 25.6. The van der Waals surface area contributed by atoms with Gasteiger partial charge in [-0.15, -0.1) is 0 Å². The van der Waals surface area contributed by atoms with Crippen LogP contribution in [0.3, 0.4) is 0 Å². The fraction of sp³-hybridized carbons (Fsp3) is 0.530. The Balaban J connectivity index is 0.665. The van der Waals surface area contributed by atoms with E-state index in [0.717, 1.165) is 73.2 Å². The maximum absolute atomic E-state index is 14.5. The minimum atomic E-state index is -4.66. The minimum absolute atomic E-state index is 0.0940. The van der Waals surface area contributed by atoms with Gasteiger partial charge in [-0.2, -0.15) is 21.9 Å². The lowest BCUT2D eigenvalue weighted by atomic mass is 9.39. The summed E-state index contributed by atoms with van der Waals surface area (Å²) in [6, 6.07) is 17.9. The van der Waals surface area contributed by atoms with Gasteiger partial charge in [0, 0.05) is 92.4 Å². The molecule has 4 saturated carbocycles. The highest BCUT2D eigenvalue weighted by Gasteiger charge is 2.66. The largest absolute Gasteiger partial charge is 0.479 e. The number of ketones is 2. The molecule has 121 heavy (non-hydrogen) atoms. The van der Waals surface area contributed by atoms with E-state index in [1.165, 1.54) is 30.4 Å². The Labute approximate surface area is 701 Å². The van der Waals surface area contributed by atoms with Gasteiger partial charge in [0.15, 0.2) is 28.5 Å². The summed E-state index contributed by atoms with van der Waals surface area (Å²) >= 11 is 1.38. The molecule has 14 rings (SSSR count). The van der Waals surface area contributed by atoms with E-state index in [-0.39, 0.29) is 73.3 Å². The van der Waals surface area contributed by atoms with Gasteiger partial charge in [-0.3, -0.25) is 57.6 Å². The minimum Gasteiger partial charge on any atom is -0.479 e. The highest BCUT2D eigenvalue weighted by molar-refractivity contribution is 7.86. The van der Waals surface area contributed by atoms with Crippen molar-refractivity contribution in [3.63, 3.8) is 0 Å². The van der Waals surface area contributed by atoms with Crippen molar-refractivity contribution in [1.29, 1.82) is 0 Å². The van der Waals surface area contributed by atoms with Crippen LogP contribution < -0.4 is 15.5 Å². The number of carbonyl (C=O) groups excluding carboxylic acids is 8. The van der Waals surface area contributed by atoms with Gasteiger partial charge in [0.05, 0.1) is 78.1 Å². The Morgan fingerprint density at radius 3 is 2.20 bits per heavy atom. The molecule has 0 spiro atoms. The van der Waals surface area contributed by atoms with Crippen molar-refractivity contribution in [2.24, 2.45) is 28.1 Å². The maximum atomic E-state index is 14.5. The smallest absolute Gasteiger partial charge is 0.410 e. The number of anilines is 2. The molecule has 6 aromatic rings. The number of fused-ring (bicyclic) bond motifs is 2. The standard InChI is InChI=1S/C83H100N10O25S3/c1-46(2)57(33-54(94)35-91-53(38-115-27-29-121(112,113)114)32-61(75(91)103)93-66(96)20-21-67(93)97)74(102)85-47(3)62(95)31-49-14-15-52(51(30-49)16-18-63-69(98)70(99)71(100)72(118-63)77(106)107)37-116-79(108)89(25-28-120(109,110)111)24-26-117-83-42-80(5)39-81(6,43-83)41-82(40-80,44-83)45-92-48(4)58(34-84-92)55-17-19-65(87-68(55)76(104)105)90-23-22-50-10-9-11-56(59(50)36-90)73(101)88-78-86-60-12-7-8-13-64(60)119-78/h7-15,17,19-21,30,34,46-47,53,57,61,63,69-72,98-100H,16,18,22-29,31-33,35-45H2,1-6H3,(H,85,102)(H,104,105)(H,106,107)(H,86,88,101)(H,109,110,111)(H,112,113,114)/t47-,53-,57-,61+,63-,69-,70+,71-,72-,80?,81?,82?,83?/m0/s1. The number of carbonyl (C=O) groups is 10. The van der Waals surface area contributed by atoms with Crippen LogP contribution in [0.2, 0.25) is 0 Å². The number of likely N-dealkylation sites (tertiary alicyclic amines) is 1. The van der Waals surface area contributed by atoms with Crippen LogP contribution in [0.5, 0.6) is 0 Å². The van der Waals surface area contributed by atoms with Crippen LogP contribution >= 0.6 is 11.3 Å². The van der Waals surface area contributed by atoms with Gasteiger partial charge in [0.2, 0.25) is 11.8 Å². The third-order valence-corrected chi connectivity index (χ3v) is 26.8. The second kappa shape index (κ2) is 35.5. The highest BCUT2D eigenvalue weighted by Crippen LogP contribution is 2.72. The molecule has 38 heteroatoms. The van der Waals surface area contributed by atoms with Crippen LogP contribution in [0.25, 0.3) is 21.3 Å². The number of hydrogen-bond donors (Lipinski definition) is 9. The summed E-state index contributed by atoms with van der Waals surface area (Å²) in [7, 11) is -9.09. The van der Waals surface area contributed by atoms with Gasteiger partial charge in [-0.25, -0.2) is 24.4 Å². The number of benzene rings is 3. The van der Waals surface area contributed by atoms with E-state index in [9.17, 15) is 99.4 Å². The molecule has 6 fully saturated rings. The predicted molar refractivity (Wildman–Crippen MR) is 435 cm³/mol. The Bertz CT molecular complexity index is 5270. The first-order chi connectivity index (χ1) is 57.1. The van der Waals surface area contributed by atoms with E-state index < -0.39 is 184 Å². The lowest BCUT2D eigenvalue weighted by Crippen LogP contribution is -2.64. The molecule has 4 bridgehead atoms. The first kappa shape index (κ1) is 88.9. The SMILES string of the molecule is Cc1c(-c2ccc(N3CCc4cccc(C(=O)Nc5nc6ccccc6s5)c4C3)nc2C(=O)O)cnn1CC12CC3(C)CC(C)(C1)CC(OCCN(CCS(=O)(=O)O)C(=O)OCc1ccc(CC(=O)[C@H](C)NC(=O)[C@@H](CC(=O)CN4C(=O)[C@H](N5C(=O)C=CC5=O)C[C@H]4COCCS(=O)(=O)O)C(C)C)cc1CC[C@@H]1O[C@H](C(=O)O)[C@@H](O)[C@H](O)[C@H]1O)(C3)C2. The number of carboxylic acid groups (broad SMARTS) is 2. The molecular formula is C83H100N10O25S3. The van der Waals surface area contributed by atoms with E-state index in [1.54, 1.807) is 44.3 Å². The molecule has 3 aromatic carbocycles. The number of ether oxygens (including phenoxy) is 4. The van der Waals surface area contributed by atoms with Crippen molar-refractivity contribution in [1.82, 2.24) is 39.8 Å². The zero-order valence-electron chi connectivity index (χ0n) is 67.7. The Hall–Kier alpha value is -9.87.